The van der Waals surface area contributed by atoms with Gasteiger partial charge in [0, 0.05) is 46.0 Å². The number of aromatic hydroxyl groups is 1. The molecule has 2 aromatic carbocycles. The maximum absolute atomic E-state index is 11.5. The van der Waals surface area contributed by atoms with E-state index in [2.05, 4.69) is 39.0 Å². The van der Waals surface area contributed by atoms with Crippen LogP contribution in [0.2, 0.25) is 0 Å². The quantitative estimate of drug-likeness (QED) is 0.142. The number of phenolic OH excluding ortho intramolecular Hbond substituents is 1. The lowest BCUT2D eigenvalue weighted by Crippen LogP contribution is -2.28. The molecule has 0 unspecified atom stereocenters. The van der Waals surface area contributed by atoms with Crippen molar-refractivity contribution in [1.82, 2.24) is 19.9 Å². The maximum atomic E-state index is 11.5. The van der Waals surface area contributed by atoms with Gasteiger partial charge in [0.15, 0.2) is 0 Å². The lowest BCUT2D eigenvalue weighted by molar-refractivity contribution is 0.122. The van der Waals surface area contributed by atoms with Gasteiger partial charge >= 0.3 is 0 Å². The van der Waals surface area contributed by atoms with E-state index in [0.717, 1.165) is 38.8 Å². The van der Waals surface area contributed by atoms with E-state index in [1.807, 2.05) is 41.5 Å². The number of furan rings is 1. The summed E-state index contributed by atoms with van der Waals surface area (Å²) >= 11 is 1.54. The van der Waals surface area contributed by atoms with Gasteiger partial charge in [0.2, 0.25) is 0 Å². The van der Waals surface area contributed by atoms with Crippen LogP contribution in [0, 0.1) is 0 Å². The van der Waals surface area contributed by atoms with Crippen LogP contribution >= 0.6 is 11.3 Å². The molecule has 41 heavy (non-hydrogen) atoms. The number of rotatable bonds is 8. The minimum atomic E-state index is -0.893. The van der Waals surface area contributed by atoms with Gasteiger partial charge < -0.3 is 24.2 Å². The number of aromatic amines is 1. The van der Waals surface area contributed by atoms with Gasteiger partial charge in [0.05, 0.1) is 35.5 Å². The first-order valence-corrected chi connectivity index (χ1v) is 15.3. The highest BCUT2D eigenvalue weighted by atomic mass is 32.1. The first-order chi connectivity index (χ1) is 20.1. The summed E-state index contributed by atoms with van der Waals surface area (Å²) in [5.41, 5.74) is 10.3. The molecule has 4 N–H and O–H groups in total. The van der Waals surface area contributed by atoms with E-state index >= 15 is 0 Å². The third kappa shape index (κ3) is 4.86. The summed E-state index contributed by atoms with van der Waals surface area (Å²) in [4.78, 5) is 7.87. The second-order valence-electron chi connectivity index (χ2n) is 11.2. The zero-order valence-corrected chi connectivity index (χ0v) is 23.8. The Morgan fingerprint density at radius 1 is 1.12 bits per heavy atom. The highest BCUT2D eigenvalue weighted by Gasteiger charge is 2.27. The van der Waals surface area contributed by atoms with E-state index in [1.54, 1.807) is 18.4 Å². The Labute approximate surface area is 242 Å². The van der Waals surface area contributed by atoms with Gasteiger partial charge in [-0.15, -0.1) is 11.3 Å². The number of aromatic nitrogens is 3. The van der Waals surface area contributed by atoms with Gasteiger partial charge in [-0.25, -0.2) is 4.98 Å². The van der Waals surface area contributed by atoms with Gasteiger partial charge in [0.25, 0.3) is 0 Å². The zero-order chi connectivity index (χ0) is 27.9. The first kappa shape index (κ1) is 26.1. The highest BCUT2D eigenvalue weighted by molar-refractivity contribution is 7.07. The zero-order valence-electron chi connectivity index (χ0n) is 23.0. The number of hydrogen-bond acceptors (Lipinski definition) is 6. The highest BCUT2D eigenvalue weighted by Crippen LogP contribution is 2.44. The second kappa shape index (κ2) is 10.9. The fourth-order valence-corrected chi connectivity index (χ4v) is 7.30. The van der Waals surface area contributed by atoms with Crippen molar-refractivity contribution in [2.75, 3.05) is 0 Å². The van der Waals surface area contributed by atoms with Crippen molar-refractivity contribution in [3.05, 3.63) is 94.5 Å². The van der Waals surface area contributed by atoms with Crippen molar-refractivity contribution >= 4 is 33.1 Å². The Hall–Kier alpha value is -3.85. The summed E-state index contributed by atoms with van der Waals surface area (Å²) in [7, 11) is 2.12. The van der Waals surface area contributed by atoms with E-state index in [0.29, 0.717) is 12.3 Å². The van der Waals surface area contributed by atoms with Crippen LogP contribution in [-0.4, -0.2) is 24.7 Å². The number of nitrogens with one attached hydrogen (secondary N) is 2. The van der Waals surface area contributed by atoms with Crippen LogP contribution in [0.5, 0.6) is 5.75 Å². The SMILES string of the molecule is Cn1c(-c2ccoc2)c(C2CCCCC2)c2ccc([C@@H](O)N[C@H](Cc3c[nH]c4ccc(O)cc34)c3cscn3)cc21. The van der Waals surface area contributed by atoms with Crippen LogP contribution in [-0.2, 0) is 13.5 Å². The monoisotopic (exact) mass is 566 g/mol. The molecule has 0 spiro atoms. The number of phenols is 1. The predicted octanol–water partition coefficient (Wildman–Crippen LogP) is 7.69. The van der Waals surface area contributed by atoms with Crippen molar-refractivity contribution < 1.29 is 14.6 Å². The Kier molecular flexibility index (Phi) is 6.90. The van der Waals surface area contributed by atoms with Gasteiger partial charge in [-0.2, -0.15) is 0 Å². The third-order valence-electron chi connectivity index (χ3n) is 8.73. The van der Waals surface area contributed by atoms with Crippen LogP contribution in [0.3, 0.4) is 0 Å². The van der Waals surface area contributed by atoms with Crippen LogP contribution in [0.15, 0.2) is 76.5 Å². The number of benzene rings is 2. The molecule has 7 rings (SSSR count). The normalized spacial score (nSPS) is 16.0. The molecule has 1 aliphatic rings. The summed E-state index contributed by atoms with van der Waals surface area (Å²) in [5, 5.41) is 29.3. The largest absolute Gasteiger partial charge is 0.508 e. The molecule has 4 heterocycles. The molecule has 1 fully saturated rings. The number of H-pyrrole nitrogens is 1. The van der Waals surface area contributed by atoms with Crippen LogP contribution in [0.4, 0.5) is 0 Å². The Morgan fingerprint density at radius 3 is 2.78 bits per heavy atom. The van der Waals surface area contributed by atoms with Crippen LogP contribution in [0.1, 0.15) is 72.7 Å². The van der Waals surface area contributed by atoms with Crippen LogP contribution < -0.4 is 5.32 Å². The molecule has 210 valence electrons. The molecular weight excluding hydrogens is 532 g/mol. The van der Waals surface area contributed by atoms with Gasteiger partial charge in [-0.1, -0.05) is 31.4 Å². The van der Waals surface area contributed by atoms with E-state index in [4.69, 9.17) is 4.42 Å². The van der Waals surface area contributed by atoms with Gasteiger partial charge in [-0.3, -0.25) is 5.32 Å². The number of hydrogen-bond donors (Lipinski definition) is 4. The van der Waals surface area contributed by atoms with Crippen molar-refractivity contribution in [2.45, 2.75) is 56.7 Å². The molecule has 8 heteroatoms. The molecule has 7 nitrogen and oxygen atoms in total. The molecule has 2 atom stereocenters. The molecule has 0 aliphatic heterocycles. The lowest BCUT2D eigenvalue weighted by atomic mass is 9.82. The van der Waals surface area contributed by atoms with Crippen molar-refractivity contribution in [1.29, 1.82) is 0 Å². The Balaban J connectivity index is 1.23. The second-order valence-corrected chi connectivity index (χ2v) is 11.9. The summed E-state index contributed by atoms with van der Waals surface area (Å²) in [5.74, 6) is 0.755. The average molecular weight is 567 g/mol. The molecule has 0 saturated heterocycles. The predicted molar refractivity (Wildman–Crippen MR) is 163 cm³/mol. The Morgan fingerprint density at radius 2 is 2.00 bits per heavy atom. The maximum Gasteiger partial charge on any atom is 0.131 e. The van der Waals surface area contributed by atoms with E-state index in [1.165, 1.54) is 60.1 Å². The van der Waals surface area contributed by atoms with Crippen molar-refractivity contribution in [2.24, 2.45) is 7.05 Å². The summed E-state index contributed by atoms with van der Waals surface area (Å²) in [6, 6.07) is 13.5. The summed E-state index contributed by atoms with van der Waals surface area (Å²) in [6.45, 7) is 0. The fraction of sp³-hybridized carbons (Fsp3) is 0.303. The Bertz CT molecular complexity index is 1780. The number of aryl methyl sites for hydroxylation is 1. The van der Waals surface area contributed by atoms with Crippen molar-refractivity contribution in [3.63, 3.8) is 0 Å². The van der Waals surface area contributed by atoms with E-state index in [-0.39, 0.29) is 11.8 Å². The molecular formula is C33H34N4O3S. The number of fused-ring (bicyclic) bond motifs is 2. The number of nitrogens with zero attached hydrogens (tertiary/aromatic N) is 2. The number of aliphatic hydroxyl groups excluding tert-OH is 1. The average Bonchev–Trinajstić information content (AvgIpc) is 3.81. The minimum absolute atomic E-state index is 0.221. The summed E-state index contributed by atoms with van der Waals surface area (Å²) in [6.07, 6.45) is 11.5. The lowest BCUT2D eigenvalue weighted by Gasteiger charge is -2.23. The molecule has 0 amide bonds. The van der Waals surface area contributed by atoms with Gasteiger partial charge in [-0.05, 0) is 72.2 Å². The molecule has 4 aromatic heterocycles. The fourth-order valence-electron chi connectivity index (χ4n) is 6.69. The standard InChI is InChI=1S/C33H34N4O3S/c1-37-30-14-21(7-9-25(30)31(20-5-3-2-4-6-20)32(37)22-11-12-40-17-22)33(39)36-28(29-18-41-19-35-29)13-23-16-34-27-10-8-24(38)15-26(23)27/h7-12,14-20,28,33-34,36,38-39H,2-6,13H2,1H3/t28-,33-/m1/s1. The molecule has 1 saturated carbocycles. The molecule has 6 aromatic rings. The molecule has 0 radical (unpaired) electrons. The smallest absolute Gasteiger partial charge is 0.131 e. The molecule has 1 aliphatic carbocycles. The third-order valence-corrected chi connectivity index (χ3v) is 9.33. The number of aliphatic hydroxyl groups is 1. The number of thiazole rings is 1. The van der Waals surface area contributed by atoms with E-state index < -0.39 is 6.23 Å². The minimum Gasteiger partial charge on any atom is -0.508 e. The first-order valence-electron chi connectivity index (χ1n) is 14.3. The topological polar surface area (TPSA) is 99.2 Å². The van der Waals surface area contributed by atoms with Crippen molar-refractivity contribution in [3.8, 4) is 17.0 Å². The van der Waals surface area contributed by atoms with Gasteiger partial charge in [0.1, 0.15) is 12.0 Å². The summed E-state index contributed by atoms with van der Waals surface area (Å²) < 4.78 is 7.76. The van der Waals surface area contributed by atoms with Crippen LogP contribution in [0.25, 0.3) is 33.1 Å². The molecule has 0 bridgehead atoms. The van der Waals surface area contributed by atoms with E-state index in [9.17, 15) is 10.2 Å².